The number of benzene rings is 1. The Labute approximate surface area is 135 Å². The number of hydrogen-bond donors (Lipinski definition) is 1. The largest absolute Gasteiger partial charge is 0.495 e. The van der Waals surface area contributed by atoms with Gasteiger partial charge in [0.25, 0.3) is 5.91 Å². The van der Waals surface area contributed by atoms with Gasteiger partial charge in [0, 0.05) is 12.1 Å². The van der Waals surface area contributed by atoms with Crippen LogP contribution in [0.3, 0.4) is 0 Å². The normalized spacial score (nSPS) is 18.0. The molecule has 1 heterocycles. The van der Waals surface area contributed by atoms with Crippen molar-refractivity contribution in [2.75, 3.05) is 33.9 Å². The van der Waals surface area contributed by atoms with Crippen molar-refractivity contribution in [3.63, 3.8) is 0 Å². The third-order valence-electron chi connectivity index (χ3n) is 3.32. The number of aliphatic carboxylic acids is 1. The molecule has 0 saturated carbocycles. The molecular formula is C14H16BrNO6. The van der Waals surface area contributed by atoms with E-state index >= 15 is 0 Å². The molecule has 0 unspecified atom stereocenters. The van der Waals surface area contributed by atoms with Crippen LogP contribution >= 0.6 is 15.9 Å². The first-order chi connectivity index (χ1) is 10.5. The Morgan fingerprint density at radius 1 is 1.32 bits per heavy atom. The molecule has 1 N–H and O–H groups in total. The highest BCUT2D eigenvalue weighted by Crippen LogP contribution is 2.36. The molecule has 1 fully saturated rings. The van der Waals surface area contributed by atoms with Gasteiger partial charge in [0.15, 0.2) is 6.10 Å². The van der Waals surface area contributed by atoms with Gasteiger partial charge >= 0.3 is 5.97 Å². The Kier molecular flexibility index (Phi) is 5.25. The molecule has 0 bridgehead atoms. The molecule has 7 nitrogen and oxygen atoms in total. The van der Waals surface area contributed by atoms with E-state index in [2.05, 4.69) is 15.9 Å². The Bertz CT molecular complexity index is 566. The average molecular weight is 374 g/mol. The number of carbonyl (C=O) groups excluding carboxylic acids is 1. The van der Waals surface area contributed by atoms with Crippen molar-refractivity contribution in [3.05, 3.63) is 22.2 Å². The van der Waals surface area contributed by atoms with Crippen LogP contribution in [0.15, 0.2) is 16.6 Å². The lowest BCUT2D eigenvalue weighted by Crippen LogP contribution is -2.48. The fraction of sp³-hybridized carbons (Fsp3) is 0.429. The van der Waals surface area contributed by atoms with Crippen LogP contribution in [0.25, 0.3) is 0 Å². The van der Waals surface area contributed by atoms with Gasteiger partial charge in [0.2, 0.25) is 0 Å². The zero-order chi connectivity index (χ0) is 16.3. The number of carbonyl (C=O) groups is 2. The van der Waals surface area contributed by atoms with Gasteiger partial charge < -0.3 is 24.2 Å². The Balaban J connectivity index is 2.27. The first kappa shape index (κ1) is 16.6. The summed E-state index contributed by atoms with van der Waals surface area (Å²) in [5.74, 6) is -0.446. The van der Waals surface area contributed by atoms with Crippen molar-refractivity contribution in [2.45, 2.75) is 6.10 Å². The van der Waals surface area contributed by atoms with Crippen LogP contribution in [0.2, 0.25) is 0 Å². The van der Waals surface area contributed by atoms with E-state index in [9.17, 15) is 9.59 Å². The second kappa shape index (κ2) is 6.97. The van der Waals surface area contributed by atoms with Crippen LogP contribution in [0.1, 0.15) is 10.4 Å². The highest BCUT2D eigenvalue weighted by atomic mass is 79.9. The number of halogens is 1. The number of carboxylic acids is 1. The van der Waals surface area contributed by atoms with Gasteiger partial charge in [-0.1, -0.05) is 0 Å². The molecular weight excluding hydrogens is 358 g/mol. The van der Waals surface area contributed by atoms with Gasteiger partial charge in [-0.05, 0) is 28.1 Å². The molecule has 8 heteroatoms. The van der Waals surface area contributed by atoms with Crippen molar-refractivity contribution < 1.29 is 28.9 Å². The van der Waals surface area contributed by atoms with Gasteiger partial charge in [0.05, 0.1) is 27.4 Å². The predicted molar refractivity (Wildman–Crippen MR) is 80.5 cm³/mol. The van der Waals surface area contributed by atoms with E-state index in [1.807, 2.05) is 0 Å². The van der Waals surface area contributed by atoms with Gasteiger partial charge in [-0.25, -0.2) is 4.79 Å². The quantitative estimate of drug-likeness (QED) is 0.858. The average Bonchev–Trinajstić information content (AvgIpc) is 2.54. The van der Waals surface area contributed by atoms with Crippen LogP contribution in [-0.4, -0.2) is 61.9 Å². The van der Waals surface area contributed by atoms with Gasteiger partial charge in [-0.3, -0.25) is 4.79 Å². The van der Waals surface area contributed by atoms with Gasteiger partial charge in [-0.15, -0.1) is 0 Å². The summed E-state index contributed by atoms with van der Waals surface area (Å²) in [6.07, 6.45) is -1.00. The first-order valence-corrected chi connectivity index (χ1v) is 7.32. The lowest BCUT2D eigenvalue weighted by atomic mass is 10.1. The van der Waals surface area contributed by atoms with E-state index < -0.39 is 12.1 Å². The fourth-order valence-electron chi connectivity index (χ4n) is 2.16. The molecule has 1 aliphatic heterocycles. The van der Waals surface area contributed by atoms with E-state index in [0.717, 1.165) is 0 Å². The molecule has 1 saturated heterocycles. The summed E-state index contributed by atoms with van der Waals surface area (Å²) in [7, 11) is 2.98. The number of ether oxygens (including phenoxy) is 3. The van der Waals surface area contributed by atoms with Gasteiger partial charge in [-0.2, -0.15) is 0 Å². The number of methoxy groups -OCH3 is 2. The van der Waals surface area contributed by atoms with E-state index in [1.54, 1.807) is 12.1 Å². The topological polar surface area (TPSA) is 85.3 Å². The van der Waals surface area contributed by atoms with Crippen LogP contribution in [-0.2, 0) is 9.53 Å². The Hall–Kier alpha value is -1.80. The number of nitrogens with zero attached hydrogens (tertiary/aromatic N) is 1. The minimum atomic E-state index is -1.08. The number of hydrogen-bond acceptors (Lipinski definition) is 5. The molecule has 1 atom stereocenters. The second-order valence-corrected chi connectivity index (χ2v) is 5.44. The second-order valence-electron chi connectivity index (χ2n) is 4.64. The maximum atomic E-state index is 12.6. The lowest BCUT2D eigenvalue weighted by Gasteiger charge is -2.31. The minimum absolute atomic E-state index is 0.00879. The van der Waals surface area contributed by atoms with Crippen molar-refractivity contribution in [1.29, 1.82) is 0 Å². The predicted octanol–water partition coefficient (Wildman–Crippen LogP) is 1.39. The van der Waals surface area contributed by atoms with E-state index in [0.29, 0.717) is 28.1 Å². The Morgan fingerprint density at radius 3 is 2.41 bits per heavy atom. The summed E-state index contributed by atoms with van der Waals surface area (Å²) in [6.45, 7) is 0.533. The number of rotatable bonds is 4. The third-order valence-corrected chi connectivity index (χ3v) is 4.10. The summed E-state index contributed by atoms with van der Waals surface area (Å²) in [5, 5.41) is 9.00. The molecule has 0 aliphatic carbocycles. The number of amides is 1. The molecule has 0 aromatic heterocycles. The smallest absolute Gasteiger partial charge is 0.334 e. The molecule has 0 spiro atoms. The molecule has 22 heavy (non-hydrogen) atoms. The summed E-state index contributed by atoms with van der Waals surface area (Å²) >= 11 is 3.34. The highest BCUT2D eigenvalue weighted by molar-refractivity contribution is 9.10. The first-order valence-electron chi connectivity index (χ1n) is 6.53. The maximum Gasteiger partial charge on any atom is 0.334 e. The Morgan fingerprint density at radius 2 is 1.91 bits per heavy atom. The highest BCUT2D eigenvalue weighted by Gasteiger charge is 2.30. The molecule has 0 radical (unpaired) electrons. The minimum Gasteiger partial charge on any atom is -0.495 e. The molecule has 1 aliphatic rings. The van der Waals surface area contributed by atoms with Crippen LogP contribution in [0.5, 0.6) is 11.5 Å². The molecule has 1 aromatic carbocycles. The van der Waals surface area contributed by atoms with Crippen LogP contribution in [0.4, 0.5) is 0 Å². The summed E-state index contributed by atoms with van der Waals surface area (Å²) < 4.78 is 16.1. The molecule has 1 aromatic rings. The van der Waals surface area contributed by atoms with Crippen LogP contribution in [0, 0.1) is 0 Å². The van der Waals surface area contributed by atoms with Crippen molar-refractivity contribution >= 4 is 27.8 Å². The van der Waals surface area contributed by atoms with Crippen molar-refractivity contribution in [3.8, 4) is 11.5 Å². The van der Waals surface area contributed by atoms with Crippen molar-refractivity contribution in [1.82, 2.24) is 4.90 Å². The molecule has 2 rings (SSSR count). The van der Waals surface area contributed by atoms with E-state index in [4.69, 9.17) is 19.3 Å². The zero-order valence-corrected chi connectivity index (χ0v) is 13.8. The number of morpholine rings is 1. The van der Waals surface area contributed by atoms with Crippen LogP contribution < -0.4 is 9.47 Å². The zero-order valence-electron chi connectivity index (χ0n) is 12.2. The molecule has 1 amide bonds. The fourth-order valence-corrected chi connectivity index (χ4v) is 2.71. The monoisotopic (exact) mass is 373 g/mol. The summed E-state index contributed by atoms with van der Waals surface area (Å²) in [6, 6.07) is 3.17. The third kappa shape index (κ3) is 3.33. The van der Waals surface area contributed by atoms with Gasteiger partial charge in [0.1, 0.15) is 16.0 Å². The summed E-state index contributed by atoms with van der Waals surface area (Å²) in [4.78, 5) is 25.0. The van der Waals surface area contributed by atoms with Crippen molar-refractivity contribution in [2.24, 2.45) is 0 Å². The maximum absolute atomic E-state index is 12.6. The van der Waals surface area contributed by atoms with E-state index in [1.165, 1.54) is 19.1 Å². The standard InChI is InChI=1S/C14H16BrNO6/c1-20-9-5-8(6-10(21-2)12(9)15)13(17)16-3-4-22-11(7-16)14(18)19/h5-6,11H,3-4,7H2,1-2H3,(H,18,19)/t11-/m1/s1. The molecule has 120 valence electrons. The summed E-state index contributed by atoms with van der Waals surface area (Å²) in [5.41, 5.74) is 0.364. The number of carboxylic acid groups (broad SMARTS) is 1. The SMILES string of the molecule is COc1cc(C(=O)N2CCO[C@@H](C(=O)O)C2)cc(OC)c1Br. The lowest BCUT2D eigenvalue weighted by molar-refractivity contribution is -0.154. The van der Waals surface area contributed by atoms with E-state index in [-0.39, 0.29) is 19.1 Å².